The van der Waals surface area contributed by atoms with Gasteiger partial charge in [-0.1, -0.05) is 104 Å². The van der Waals surface area contributed by atoms with Crippen molar-refractivity contribution in [3.8, 4) is 0 Å². The summed E-state index contributed by atoms with van der Waals surface area (Å²) in [6, 6.07) is 30.4. The van der Waals surface area contributed by atoms with Crippen molar-refractivity contribution in [2.45, 2.75) is 24.7 Å². The molecule has 0 aromatic heterocycles. The number of rotatable bonds is 3. The van der Waals surface area contributed by atoms with E-state index >= 15 is 0 Å². The minimum atomic E-state index is 0.0763. The Hall–Kier alpha value is -2.60. The van der Waals surface area contributed by atoms with Crippen LogP contribution in [-0.2, 0) is 5.41 Å². The predicted molar refractivity (Wildman–Crippen MR) is 102 cm³/mol. The first-order valence-electron chi connectivity index (χ1n) is 8.65. The molecule has 0 saturated carbocycles. The quantitative estimate of drug-likeness (QED) is 0.541. The minimum Gasteiger partial charge on any atom is -0.0736 e. The van der Waals surface area contributed by atoms with Crippen molar-refractivity contribution in [1.29, 1.82) is 0 Å². The van der Waals surface area contributed by atoms with Crippen LogP contribution in [0, 0.1) is 0 Å². The summed E-state index contributed by atoms with van der Waals surface area (Å²) in [5.41, 5.74) is 5.70. The molecule has 0 spiro atoms. The molecule has 4 rings (SSSR count). The van der Waals surface area contributed by atoms with E-state index in [-0.39, 0.29) is 5.41 Å². The van der Waals surface area contributed by atoms with E-state index in [9.17, 15) is 0 Å². The Labute approximate surface area is 144 Å². The van der Waals surface area contributed by atoms with E-state index in [0.717, 1.165) is 6.42 Å². The Kier molecular flexibility index (Phi) is 3.82. The van der Waals surface area contributed by atoms with E-state index in [4.69, 9.17) is 0 Å². The maximum atomic E-state index is 2.39. The van der Waals surface area contributed by atoms with Crippen LogP contribution in [0.2, 0.25) is 0 Å². The first kappa shape index (κ1) is 15.0. The van der Waals surface area contributed by atoms with E-state index in [2.05, 4.69) is 104 Å². The fourth-order valence-corrected chi connectivity index (χ4v) is 3.95. The molecule has 3 aromatic rings. The van der Waals surface area contributed by atoms with Crippen molar-refractivity contribution in [3.63, 3.8) is 0 Å². The van der Waals surface area contributed by atoms with Gasteiger partial charge in [-0.3, -0.25) is 0 Å². The molecular weight excluding hydrogens is 288 g/mol. The second kappa shape index (κ2) is 6.13. The molecule has 2 atom stereocenters. The summed E-state index contributed by atoms with van der Waals surface area (Å²) in [5, 5.41) is 0. The number of hydrogen-bond donors (Lipinski definition) is 0. The Balaban J connectivity index is 1.74. The maximum absolute atomic E-state index is 2.39. The highest BCUT2D eigenvalue weighted by molar-refractivity contribution is 5.56. The lowest BCUT2D eigenvalue weighted by atomic mass is 9.82. The number of hydrogen-bond acceptors (Lipinski definition) is 0. The summed E-state index contributed by atoms with van der Waals surface area (Å²) in [6.45, 7) is 2.37. The van der Waals surface area contributed by atoms with Crippen molar-refractivity contribution in [2.24, 2.45) is 0 Å². The fourth-order valence-electron chi connectivity index (χ4n) is 3.95. The molecule has 0 saturated heterocycles. The second-order valence-corrected chi connectivity index (χ2v) is 6.92. The summed E-state index contributed by atoms with van der Waals surface area (Å²) in [4.78, 5) is 0. The lowest BCUT2D eigenvalue weighted by Crippen LogP contribution is -2.14. The molecule has 0 nitrogen and oxygen atoms in total. The third-order valence-corrected chi connectivity index (χ3v) is 5.22. The molecule has 1 aliphatic carbocycles. The van der Waals surface area contributed by atoms with Crippen LogP contribution in [0.4, 0.5) is 0 Å². The van der Waals surface area contributed by atoms with E-state index < -0.39 is 0 Å². The largest absolute Gasteiger partial charge is 0.0736 e. The Morgan fingerprint density at radius 3 is 2.17 bits per heavy atom. The van der Waals surface area contributed by atoms with Gasteiger partial charge in [-0.25, -0.2) is 0 Å². The molecule has 118 valence electrons. The van der Waals surface area contributed by atoms with Gasteiger partial charge in [0.1, 0.15) is 0 Å². The van der Waals surface area contributed by atoms with Crippen LogP contribution in [0.1, 0.15) is 41.5 Å². The van der Waals surface area contributed by atoms with Crippen molar-refractivity contribution in [2.75, 3.05) is 0 Å². The first-order chi connectivity index (χ1) is 11.8. The average Bonchev–Trinajstić information content (AvgIpc) is 2.96. The van der Waals surface area contributed by atoms with E-state index in [0.29, 0.717) is 5.92 Å². The Bertz CT molecular complexity index is 845. The van der Waals surface area contributed by atoms with Gasteiger partial charge in [0, 0.05) is 11.3 Å². The topological polar surface area (TPSA) is 0 Å². The summed E-state index contributed by atoms with van der Waals surface area (Å²) in [7, 11) is 0. The standard InChI is InChI=1S/C24H22/c1-24(17-16-19-10-4-2-5-11-19)18-22(20-12-6-3-7-13-20)21-14-8-9-15-23(21)24/h2-17,22H,18H2,1H3. The van der Waals surface area contributed by atoms with Gasteiger partial charge in [0.2, 0.25) is 0 Å². The molecule has 3 aromatic carbocycles. The third kappa shape index (κ3) is 2.69. The molecule has 0 heteroatoms. The van der Waals surface area contributed by atoms with Crippen molar-refractivity contribution < 1.29 is 0 Å². The summed E-state index contributed by atoms with van der Waals surface area (Å²) in [5.74, 6) is 0.479. The van der Waals surface area contributed by atoms with E-state index in [1.54, 1.807) is 0 Å². The first-order valence-corrected chi connectivity index (χ1v) is 8.65. The highest BCUT2D eigenvalue weighted by atomic mass is 14.4. The number of fused-ring (bicyclic) bond motifs is 1. The highest BCUT2D eigenvalue weighted by Crippen LogP contribution is 2.49. The van der Waals surface area contributed by atoms with Gasteiger partial charge in [0.25, 0.3) is 0 Å². The van der Waals surface area contributed by atoms with Gasteiger partial charge in [-0.05, 0) is 28.7 Å². The summed E-state index contributed by atoms with van der Waals surface area (Å²) in [6.07, 6.45) is 5.79. The smallest absolute Gasteiger partial charge is 0.0119 e. The van der Waals surface area contributed by atoms with Crippen LogP contribution in [0.3, 0.4) is 0 Å². The Morgan fingerprint density at radius 1 is 0.792 bits per heavy atom. The fraction of sp³-hybridized carbons (Fsp3) is 0.167. The molecule has 0 fully saturated rings. The molecule has 2 unspecified atom stereocenters. The van der Waals surface area contributed by atoms with Gasteiger partial charge in [0.05, 0.1) is 0 Å². The van der Waals surface area contributed by atoms with Crippen LogP contribution < -0.4 is 0 Å². The van der Waals surface area contributed by atoms with Gasteiger partial charge in [0.15, 0.2) is 0 Å². The summed E-state index contributed by atoms with van der Waals surface area (Å²) < 4.78 is 0. The van der Waals surface area contributed by atoms with Crippen molar-refractivity contribution in [3.05, 3.63) is 113 Å². The minimum absolute atomic E-state index is 0.0763. The van der Waals surface area contributed by atoms with Gasteiger partial charge < -0.3 is 0 Å². The van der Waals surface area contributed by atoms with Gasteiger partial charge >= 0.3 is 0 Å². The molecule has 0 aliphatic heterocycles. The zero-order valence-corrected chi connectivity index (χ0v) is 14.0. The molecule has 0 amide bonds. The molecule has 24 heavy (non-hydrogen) atoms. The maximum Gasteiger partial charge on any atom is 0.0119 e. The van der Waals surface area contributed by atoms with Crippen LogP contribution in [0.15, 0.2) is 91.0 Å². The normalized spacial score (nSPS) is 22.6. The van der Waals surface area contributed by atoms with E-state index in [1.165, 1.54) is 22.3 Å². The number of allylic oxidation sites excluding steroid dienone is 1. The second-order valence-electron chi connectivity index (χ2n) is 6.92. The van der Waals surface area contributed by atoms with Crippen LogP contribution >= 0.6 is 0 Å². The average molecular weight is 310 g/mol. The lowest BCUT2D eigenvalue weighted by Gasteiger charge is -2.22. The highest BCUT2D eigenvalue weighted by Gasteiger charge is 2.38. The SMILES string of the molecule is CC1(C=Cc2ccccc2)CC(c2ccccc2)c2ccccc21. The van der Waals surface area contributed by atoms with Crippen LogP contribution in [0.5, 0.6) is 0 Å². The monoisotopic (exact) mass is 310 g/mol. The molecule has 0 bridgehead atoms. The van der Waals surface area contributed by atoms with Gasteiger partial charge in [-0.15, -0.1) is 0 Å². The molecule has 0 N–H and O–H groups in total. The zero-order chi connectivity index (χ0) is 16.4. The Morgan fingerprint density at radius 2 is 1.42 bits per heavy atom. The lowest BCUT2D eigenvalue weighted by molar-refractivity contribution is 0.560. The summed E-state index contributed by atoms with van der Waals surface area (Å²) >= 11 is 0. The van der Waals surface area contributed by atoms with Gasteiger partial charge in [-0.2, -0.15) is 0 Å². The predicted octanol–water partition coefficient (Wildman–Crippen LogP) is 6.19. The molecule has 0 heterocycles. The van der Waals surface area contributed by atoms with Crippen molar-refractivity contribution in [1.82, 2.24) is 0 Å². The third-order valence-electron chi connectivity index (χ3n) is 5.22. The molecule has 1 aliphatic rings. The number of benzene rings is 3. The van der Waals surface area contributed by atoms with Crippen LogP contribution in [-0.4, -0.2) is 0 Å². The zero-order valence-electron chi connectivity index (χ0n) is 14.0. The van der Waals surface area contributed by atoms with E-state index in [1.807, 2.05) is 0 Å². The molecular formula is C24H22. The molecule has 0 radical (unpaired) electrons. The van der Waals surface area contributed by atoms with Crippen molar-refractivity contribution >= 4 is 6.08 Å². The van der Waals surface area contributed by atoms with Crippen LogP contribution in [0.25, 0.3) is 6.08 Å².